The van der Waals surface area contributed by atoms with E-state index in [4.69, 9.17) is 9.47 Å². The quantitative estimate of drug-likeness (QED) is 0.733. The minimum absolute atomic E-state index is 0.140. The van der Waals surface area contributed by atoms with Crippen molar-refractivity contribution < 1.29 is 17.9 Å². The number of rotatable bonds is 6. The minimum atomic E-state index is -3.70. The van der Waals surface area contributed by atoms with Gasteiger partial charge >= 0.3 is 0 Å². The molecule has 0 saturated heterocycles. The number of pyridine rings is 1. The topological polar surface area (TPSA) is 77.5 Å². The third-order valence-electron chi connectivity index (χ3n) is 3.83. The number of hydrogen-bond donors (Lipinski definition) is 1. The van der Waals surface area contributed by atoms with E-state index in [0.717, 1.165) is 10.9 Å². The highest BCUT2D eigenvalue weighted by Gasteiger charge is 2.18. The molecular weight excluding hydrogens is 340 g/mol. The van der Waals surface area contributed by atoms with Crippen LogP contribution in [0.25, 0.3) is 10.8 Å². The lowest BCUT2D eigenvalue weighted by atomic mass is 10.1. The summed E-state index contributed by atoms with van der Waals surface area (Å²) in [5, 5.41) is 1.36. The van der Waals surface area contributed by atoms with E-state index in [-0.39, 0.29) is 11.4 Å². The Morgan fingerprint density at radius 2 is 1.76 bits per heavy atom. The maximum atomic E-state index is 12.8. The first-order chi connectivity index (χ1) is 12.0. The van der Waals surface area contributed by atoms with Crippen molar-refractivity contribution in [2.75, 3.05) is 14.2 Å². The van der Waals surface area contributed by atoms with Crippen molar-refractivity contribution in [3.63, 3.8) is 0 Å². The predicted molar refractivity (Wildman–Crippen MR) is 95.3 cm³/mol. The molecule has 0 fully saturated rings. The van der Waals surface area contributed by atoms with E-state index < -0.39 is 10.0 Å². The van der Waals surface area contributed by atoms with E-state index in [0.29, 0.717) is 17.0 Å². The first-order valence-corrected chi connectivity index (χ1v) is 9.08. The lowest BCUT2D eigenvalue weighted by Gasteiger charge is -2.12. The number of nitrogens with one attached hydrogen (secondary N) is 1. The Kier molecular flexibility index (Phi) is 4.87. The summed E-state index contributed by atoms with van der Waals surface area (Å²) in [6, 6.07) is 13.9. The van der Waals surface area contributed by atoms with Gasteiger partial charge < -0.3 is 9.47 Å². The zero-order chi connectivity index (χ0) is 17.9. The fourth-order valence-corrected chi connectivity index (χ4v) is 3.81. The minimum Gasteiger partial charge on any atom is -0.496 e. The number of ether oxygens (including phenoxy) is 2. The van der Waals surface area contributed by atoms with Crippen molar-refractivity contribution in [2.45, 2.75) is 11.4 Å². The molecule has 3 rings (SSSR count). The average Bonchev–Trinajstić information content (AvgIpc) is 2.65. The molecule has 0 spiro atoms. The molecule has 0 amide bonds. The maximum Gasteiger partial charge on any atom is 0.241 e. The molecule has 3 aromatic rings. The van der Waals surface area contributed by atoms with Crippen LogP contribution < -0.4 is 14.2 Å². The van der Waals surface area contributed by atoms with Crippen LogP contribution in [-0.2, 0) is 16.6 Å². The highest BCUT2D eigenvalue weighted by Crippen LogP contribution is 2.30. The summed E-state index contributed by atoms with van der Waals surface area (Å²) in [6.07, 6.45) is 1.57. The van der Waals surface area contributed by atoms with Crippen LogP contribution in [0, 0.1) is 0 Å². The van der Waals surface area contributed by atoms with Gasteiger partial charge in [0.25, 0.3) is 0 Å². The van der Waals surface area contributed by atoms with Crippen LogP contribution in [0.4, 0.5) is 0 Å². The number of benzene rings is 2. The molecule has 0 unspecified atom stereocenters. The van der Waals surface area contributed by atoms with E-state index in [1.165, 1.54) is 7.11 Å². The van der Waals surface area contributed by atoms with Crippen molar-refractivity contribution in [1.29, 1.82) is 0 Å². The number of sulfonamides is 1. The molecule has 0 aliphatic carbocycles. The first kappa shape index (κ1) is 17.2. The van der Waals surface area contributed by atoms with Crippen molar-refractivity contribution >= 4 is 20.8 Å². The zero-order valence-electron chi connectivity index (χ0n) is 13.9. The third kappa shape index (κ3) is 3.57. The first-order valence-electron chi connectivity index (χ1n) is 7.59. The van der Waals surface area contributed by atoms with Gasteiger partial charge in [-0.1, -0.05) is 24.3 Å². The normalized spacial score (nSPS) is 11.4. The zero-order valence-corrected chi connectivity index (χ0v) is 14.7. The van der Waals surface area contributed by atoms with Crippen molar-refractivity contribution in [3.05, 3.63) is 60.3 Å². The van der Waals surface area contributed by atoms with Crippen molar-refractivity contribution in [2.24, 2.45) is 0 Å². The standard InChI is InChI=1S/C18H18N2O4S/c1-23-16-7-8-17(15-6-4-3-5-14(15)16)25(21,22)20-12-13-9-10-19-18(11-13)24-2/h3-11,20H,12H2,1-2H3. The Labute approximate surface area is 146 Å². The second-order valence-corrected chi connectivity index (χ2v) is 7.08. The molecule has 0 radical (unpaired) electrons. The van der Waals surface area contributed by atoms with Gasteiger partial charge in [-0.2, -0.15) is 0 Å². The molecule has 1 aromatic heterocycles. The van der Waals surface area contributed by atoms with E-state index in [9.17, 15) is 8.42 Å². The van der Waals surface area contributed by atoms with Gasteiger partial charge in [0.05, 0.1) is 19.1 Å². The van der Waals surface area contributed by atoms with Crippen LogP contribution in [0.2, 0.25) is 0 Å². The van der Waals surface area contributed by atoms with Crippen molar-refractivity contribution in [1.82, 2.24) is 9.71 Å². The van der Waals surface area contributed by atoms with E-state index in [1.54, 1.807) is 49.7 Å². The monoisotopic (exact) mass is 358 g/mol. The number of methoxy groups -OCH3 is 2. The Morgan fingerprint density at radius 1 is 1.00 bits per heavy atom. The summed E-state index contributed by atoms with van der Waals surface area (Å²) in [6.45, 7) is 0.140. The lowest BCUT2D eigenvalue weighted by Crippen LogP contribution is -2.23. The van der Waals surface area contributed by atoms with Gasteiger partial charge in [0, 0.05) is 29.6 Å². The van der Waals surface area contributed by atoms with E-state index in [1.807, 2.05) is 12.1 Å². The molecule has 0 aliphatic heterocycles. The Morgan fingerprint density at radius 3 is 2.48 bits per heavy atom. The second-order valence-electron chi connectivity index (χ2n) is 5.34. The average molecular weight is 358 g/mol. The summed E-state index contributed by atoms with van der Waals surface area (Å²) in [7, 11) is -0.622. The third-order valence-corrected chi connectivity index (χ3v) is 5.29. The van der Waals surface area contributed by atoms with Gasteiger partial charge in [0.1, 0.15) is 5.75 Å². The molecule has 6 nitrogen and oxygen atoms in total. The highest BCUT2D eigenvalue weighted by atomic mass is 32.2. The fourth-order valence-electron chi connectivity index (χ4n) is 2.58. The van der Waals surface area contributed by atoms with Gasteiger partial charge in [-0.3, -0.25) is 0 Å². The van der Waals surface area contributed by atoms with Crippen LogP contribution in [0.1, 0.15) is 5.56 Å². The maximum absolute atomic E-state index is 12.8. The van der Waals surface area contributed by atoms with Crippen LogP contribution >= 0.6 is 0 Å². The number of nitrogens with zero attached hydrogens (tertiary/aromatic N) is 1. The highest BCUT2D eigenvalue weighted by molar-refractivity contribution is 7.89. The number of fused-ring (bicyclic) bond motifs is 1. The second kappa shape index (κ2) is 7.08. The summed E-state index contributed by atoms with van der Waals surface area (Å²) in [5.41, 5.74) is 0.758. The molecule has 0 saturated carbocycles. The largest absolute Gasteiger partial charge is 0.496 e. The molecule has 0 aliphatic rings. The molecule has 1 N–H and O–H groups in total. The summed E-state index contributed by atoms with van der Waals surface area (Å²) in [4.78, 5) is 4.22. The molecule has 0 atom stereocenters. The fraction of sp³-hybridized carbons (Fsp3) is 0.167. The molecule has 7 heteroatoms. The van der Waals surface area contributed by atoms with Gasteiger partial charge in [0.15, 0.2) is 0 Å². The molecule has 0 bridgehead atoms. The Balaban J connectivity index is 1.93. The molecular formula is C18H18N2O4S. The van der Waals surface area contributed by atoms with E-state index >= 15 is 0 Å². The van der Waals surface area contributed by atoms with Crippen LogP contribution in [0.15, 0.2) is 59.6 Å². The SMILES string of the molecule is COc1cc(CNS(=O)(=O)c2ccc(OC)c3ccccc23)ccn1. The van der Waals surface area contributed by atoms with Gasteiger partial charge in [0.2, 0.25) is 15.9 Å². The molecule has 130 valence electrons. The van der Waals surface area contributed by atoms with Gasteiger partial charge in [-0.15, -0.1) is 0 Å². The summed E-state index contributed by atoms with van der Waals surface area (Å²) >= 11 is 0. The lowest BCUT2D eigenvalue weighted by molar-refractivity contribution is 0.397. The molecule has 25 heavy (non-hydrogen) atoms. The molecule has 2 aromatic carbocycles. The Hall–Kier alpha value is -2.64. The number of aromatic nitrogens is 1. The smallest absolute Gasteiger partial charge is 0.241 e. The Bertz CT molecular complexity index is 1000. The number of hydrogen-bond acceptors (Lipinski definition) is 5. The van der Waals surface area contributed by atoms with Crippen molar-refractivity contribution in [3.8, 4) is 11.6 Å². The van der Waals surface area contributed by atoms with Gasteiger partial charge in [-0.05, 0) is 23.8 Å². The summed E-state index contributed by atoms with van der Waals surface area (Å²) < 4.78 is 38.5. The molecule has 1 heterocycles. The van der Waals surface area contributed by atoms with Gasteiger partial charge in [-0.25, -0.2) is 18.1 Å². The van der Waals surface area contributed by atoms with Crippen LogP contribution in [0.3, 0.4) is 0 Å². The summed E-state index contributed by atoms with van der Waals surface area (Å²) in [5.74, 6) is 1.07. The van der Waals surface area contributed by atoms with Crippen LogP contribution in [0.5, 0.6) is 11.6 Å². The van der Waals surface area contributed by atoms with Crippen LogP contribution in [-0.4, -0.2) is 27.6 Å². The van der Waals surface area contributed by atoms with E-state index in [2.05, 4.69) is 9.71 Å². The predicted octanol–water partition coefficient (Wildman–Crippen LogP) is 2.73.